The molecule has 2 amide bonds. The SMILES string of the molecule is C=CCN1C(=O)S/C(=C/c2cc(C)n(-c3ccc(OCc4ccccc4Cl)cc3)c2C)C1=O. The zero-order valence-electron chi connectivity index (χ0n) is 18.4. The molecule has 0 bridgehead atoms. The number of imide groups is 1. The van der Waals surface area contributed by atoms with Crippen LogP contribution in [0.5, 0.6) is 5.75 Å². The average Bonchev–Trinajstić information content (AvgIpc) is 3.23. The predicted molar refractivity (Wildman–Crippen MR) is 134 cm³/mol. The van der Waals surface area contributed by atoms with Crippen LogP contribution < -0.4 is 4.74 Å². The van der Waals surface area contributed by atoms with Crippen molar-refractivity contribution >= 4 is 40.6 Å². The maximum atomic E-state index is 12.5. The minimum Gasteiger partial charge on any atom is -0.489 e. The highest BCUT2D eigenvalue weighted by Crippen LogP contribution is 2.34. The fourth-order valence-corrected chi connectivity index (χ4v) is 4.76. The molecular formula is C26H23ClN2O3S. The molecule has 1 aliphatic rings. The second-order valence-electron chi connectivity index (χ2n) is 7.62. The first-order chi connectivity index (χ1) is 15.9. The van der Waals surface area contributed by atoms with Gasteiger partial charge in [-0.05, 0) is 73.6 Å². The summed E-state index contributed by atoms with van der Waals surface area (Å²) in [5.41, 5.74) is 4.81. The second-order valence-corrected chi connectivity index (χ2v) is 9.02. The monoisotopic (exact) mass is 478 g/mol. The van der Waals surface area contributed by atoms with Crippen LogP contribution in [0.4, 0.5) is 4.79 Å². The van der Waals surface area contributed by atoms with Gasteiger partial charge >= 0.3 is 0 Å². The van der Waals surface area contributed by atoms with Crippen molar-refractivity contribution in [3.63, 3.8) is 0 Å². The molecule has 7 heteroatoms. The fraction of sp³-hybridized carbons (Fsp3) is 0.154. The molecule has 5 nitrogen and oxygen atoms in total. The number of benzene rings is 2. The first-order valence-corrected chi connectivity index (χ1v) is 11.6. The lowest BCUT2D eigenvalue weighted by molar-refractivity contribution is -0.122. The summed E-state index contributed by atoms with van der Waals surface area (Å²) < 4.78 is 7.99. The molecule has 3 aromatic rings. The van der Waals surface area contributed by atoms with Crippen molar-refractivity contribution in [1.29, 1.82) is 0 Å². The van der Waals surface area contributed by atoms with Crippen LogP contribution in [-0.2, 0) is 11.4 Å². The van der Waals surface area contributed by atoms with Gasteiger partial charge < -0.3 is 9.30 Å². The number of hydrogen-bond acceptors (Lipinski definition) is 4. The number of halogens is 1. The minimum atomic E-state index is -0.283. The molecule has 33 heavy (non-hydrogen) atoms. The lowest BCUT2D eigenvalue weighted by Crippen LogP contribution is -2.27. The summed E-state index contributed by atoms with van der Waals surface area (Å²) in [7, 11) is 0. The quantitative estimate of drug-likeness (QED) is 0.285. The van der Waals surface area contributed by atoms with Crippen molar-refractivity contribution in [2.75, 3.05) is 6.54 Å². The van der Waals surface area contributed by atoms with E-state index in [1.54, 1.807) is 12.2 Å². The van der Waals surface area contributed by atoms with E-state index >= 15 is 0 Å². The van der Waals surface area contributed by atoms with Gasteiger partial charge in [0.25, 0.3) is 11.1 Å². The molecule has 1 aliphatic heterocycles. The largest absolute Gasteiger partial charge is 0.489 e. The molecule has 0 N–H and O–H groups in total. The third-order valence-corrected chi connectivity index (χ3v) is 6.67. The number of thioether (sulfide) groups is 1. The highest BCUT2D eigenvalue weighted by Gasteiger charge is 2.34. The van der Waals surface area contributed by atoms with E-state index in [9.17, 15) is 9.59 Å². The number of hydrogen-bond donors (Lipinski definition) is 0. The smallest absolute Gasteiger partial charge is 0.293 e. The summed E-state index contributed by atoms with van der Waals surface area (Å²) >= 11 is 7.16. The van der Waals surface area contributed by atoms with Crippen LogP contribution in [-0.4, -0.2) is 27.2 Å². The number of aryl methyl sites for hydroxylation is 1. The molecular weight excluding hydrogens is 456 g/mol. The summed E-state index contributed by atoms with van der Waals surface area (Å²) in [4.78, 5) is 26.3. The summed E-state index contributed by atoms with van der Waals surface area (Å²) in [5.74, 6) is 0.465. The number of carbonyl (C=O) groups excluding carboxylic acids is 2. The molecule has 0 saturated carbocycles. The summed E-state index contributed by atoms with van der Waals surface area (Å²) in [6.45, 7) is 8.22. The van der Waals surface area contributed by atoms with Gasteiger partial charge in [0.2, 0.25) is 0 Å². The first kappa shape index (κ1) is 23.0. The van der Waals surface area contributed by atoms with Crippen molar-refractivity contribution in [2.24, 2.45) is 0 Å². The van der Waals surface area contributed by atoms with Crippen molar-refractivity contribution in [3.8, 4) is 11.4 Å². The highest BCUT2D eigenvalue weighted by atomic mass is 35.5. The van der Waals surface area contributed by atoms with Crippen LogP contribution in [0.3, 0.4) is 0 Å². The summed E-state index contributed by atoms with van der Waals surface area (Å²) in [6, 6.07) is 17.4. The Balaban J connectivity index is 1.53. The zero-order chi connectivity index (χ0) is 23.5. The molecule has 2 heterocycles. The molecule has 0 spiro atoms. The minimum absolute atomic E-state index is 0.214. The van der Waals surface area contributed by atoms with Crippen LogP contribution >= 0.6 is 23.4 Å². The Hall–Kier alpha value is -3.22. The van der Waals surface area contributed by atoms with Gasteiger partial charge in [-0.3, -0.25) is 14.5 Å². The Bertz CT molecular complexity index is 1260. The molecule has 2 aromatic carbocycles. The van der Waals surface area contributed by atoms with E-state index in [0.717, 1.165) is 45.7 Å². The summed E-state index contributed by atoms with van der Waals surface area (Å²) in [6.07, 6.45) is 3.33. The van der Waals surface area contributed by atoms with E-state index in [-0.39, 0.29) is 17.7 Å². The van der Waals surface area contributed by atoms with E-state index in [4.69, 9.17) is 16.3 Å². The van der Waals surface area contributed by atoms with Crippen LogP contribution in [0.2, 0.25) is 5.02 Å². The molecule has 0 unspecified atom stereocenters. The molecule has 1 aromatic heterocycles. The summed E-state index contributed by atoms with van der Waals surface area (Å²) in [5, 5.41) is 0.412. The average molecular weight is 479 g/mol. The standard InChI is InChI=1S/C26H23ClN2O3S/c1-4-13-28-25(30)24(33-26(28)31)15-20-14-17(2)29(18(20)3)21-9-11-22(12-10-21)32-16-19-7-5-6-8-23(19)27/h4-12,14-15H,1,13,16H2,2-3H3/b24-15+. The number of nitrogens with zero attached hydrogens (tertiary/aromatic N) is 2. The van der Waals surface area contributed by atoms with Gasteiger partial charge in [0.15, 0.2) is 0 Å². The highest BCUT2D eigenvalue weighted by molar-refractivity contribution is 8.18. The number of ether oxygens (including phenoxy) is 1. The predicted octanol–water partition coefficient (Wildman–Crippen LogP) is 6.55. The molecule has 1 fully saturated rings. The number of carbonyl (C=O) groups is 2. The molecule has 0 aliphatic carbocycles. The molecule has 0 radical (unpaired) electrons. The molecule has 0 atom stereocenters. The van der Waals surface area contributed by atoms with E-state index in [1.165, 1.54) is 4.90 Å². The van der Waals surface area contributed by atoms with E-state index in [0.29, 0.717) is 16.5 Å². The van der Waals surface area contributed by atoms with Crippen molar-refractivity contribution in [1.82, 2.24) is 9.47 Å². The van der Waals surface area contributed by atoms with Gasteiger partial charge in [0, 0.05) is 34.2 Å². The van der Waals surface area contributed by atoms with Gasteiger partial charge in [-0.1, -0.05) is 35.9 Å². The Morgan fingerprint density at radius 1 is 1.09 bits per heavy atom. The van der Waals surface area contributed by atoms with Crippen molar-refractivity contribution in [3.05, 3.63) is 99.7 Å². The zero-order valence-corrected chi connectivity index (χ0v) is 19.9. The fourth-order valence-electron chi connectivity index (χ4n) is 3.73. The Labute approximate surface area is 202 Å². The first-order valence-electron chi connectivity index (χ1n) is 10.4. The van der Waals surface area contributed by atoms with E-state index in [2.05, 4.69) is 11.1 Å². The Morgan fingerprint density at radius 2 is 1.82 bits per heavy atom. The van der Waals surface area contributed by atoms with Gasteiger partial charge in [-0.2, -0.15) is 0 Å². The molecule has 1 saturated heterocycles. The van der Waals surface area contributed by atoms with Crippen LogP contribution in [0, 0.1) is 13.8 Å². The van der Waals surface area contributed by atoms with Gasteiger partial charge in [0.1, 0.15) is 12.4 Å². The lowest BCUT2D eigenvalue weighted by atomic mass is 10.2. The topological polar surface area (TPSA) is 51.5 Å². The van der Waals surface area contributed by atoms with Crippen molar-refractivity contribution in [2.45, 2.75) is 20.5 Å². The van der Waals surface area contributed by atoms with Crippen LogP contribution in [0.25, 0.3) is 11.8 Å². The Morgan fingerprint density at radius 3 is 2.52 bits per heavy atom. The molecule has 168 valence electrons. The van der Waals surface area contributed by atoms with Gasteiger partial charge in [-0.25, -0.2) is 0 Å². The van der Waals surface area contributed by atoms with Gasteiger partial charge in [-0.15, -0.1) is 6.58 Å². The van der Waals surface area contributed by atoms with Crippen LogP contribution in [0.15, 0.2) is 72.2 Å². The maximum Gasteiger partial charge on any atom is 0.293 e. The number of aromatic nitrogens is 1. The van der Waals surface area contributed by atoms with E-state index in [1.807, 2.05) is 68.4 Å². The number of rotatable bonds is 7. The lowest BCUT2D eigenvalue weighted by Gasteiger charge is -2.12. The van der Waals surface area contributed by atoms with E-state index < -0.39 is 0 Å². The van der Waals surface area contributed by atoms with Gasteiger partial charge in [0.05, 0.1) is 4.91 Å². The molecule has 4 rings (SSSR count). The normalized spacial score (nSPS) is 14.9. The third kappa shape index (κ3) is 4.77. The Kier molecular flexibility index (Phi) is 6.77. The third-order valence-electron chi connectivity index (χ3n) is 5.39. The number of amides is 2. The van der Waals surface area contributed by atoms with Crippen LogP contribution in [0.1, 0.15) is 22.5 Å². The maximum absolute atomic E-state index is 12.5. The second kappa shape index (κ2) is 9.73. The van der Waals surface area contributed by atoms with Crippen molar-refractivity contribution < 1.29 is 14.3 Å².